The van der Waals surface area contributed by atoms with Gasteiger partial charge in [0.2, 0.25) is 0 Å². The summed E-state index contributed by atoms with van der Waals surface area (Å²) < 4.78 is 80.4. The second kappa shape index (κ2) is 7.54. The summed E-state index contributed by atoms with van der Waals surface area (Å²) in [6.07, 6.45) is -9.97. The van der Waals surface area contributed by atoms with Gasteiger partial charge in [0, 0.05) is 18.5 Å². The molecule has 1 amide bonds. The van der Waals surface area contributed by atoms with Crippen molar-refractivity contribution < 1.29 is 40.7 Å². The number of benzene rings is 1. The third-order valence-corrected chi connectivity index (χ3v) is 2.92. The molecule has 0 atom stereocenters. The minimum Gasteiger partial charge on any atom is -0.469 e. The number of halogens is 6. The Bertz CT molecular complexity index is 577. The zero-order chi connectivity index (χ0) is 18.5. The molecule has 1 aromatic carbocycles. The van der Waals surface area contributed by atoms with Gasteiger partial charge in [0.15, 0.2) is 0 Å². The third-order valence-electron chi connectivity index (χ3n) is 2.92. The first-order chi connectivity index (χ1) is 10.9. The van der Waals surface area contributed by atoms with E-state index < -0.39 is 40.9 Å². The van der Waals surface area contributed by atoms with Gasteiger partial charge in [-0.2, -0.15) is 26.3 Å². The van der Waals surface area contributed by atoms with Crippen LogP contribution in [0.15, 0.2) is 18.2 Å². The van der Waals surface area contributed by atoms with Gasteiger partial charge >= 0.3 is 18.3 Å². The Kier molecular flexibility index (Phi) is 6.22. The summed E-state index contributed by atoms with van der Waals surface area (Å²) in [7, 11) is 1.15. The number of methoxy groups -OCH3 is 1. The number of hydrogen-bond donors (Lipinski definition) is 1. The number of carbonyl (C=O) groups excluding carboxylic acids is 2. The van der Waals surface area contributed by atoms with E-state index in [1.54, 1.807) is 0 Å². The fourth-order valence-electron chi connectivity index (χ4n) is 1.72. The minimum atomic E-state index is -5.03. The van der Waals surface area contributed by atoms with Gasteiger partial charge in [0.1, 0.15) is 0 Å². The Hall–Kier alpha value is -2.26. The van der Waals surface area contributed by atoms with Crippen molar-refractivity contribution in [1.29, 1.82) is 0 Å². The van der Waals surface area contributed by atoms with Gasteiger partial charge in [-0.05, 0) is 24.6 Å². The smallest absolute Gasteiger partial charge is 0.416 e. The Labute approximate surface area is 132 Å². The van der Waals surface area contributed by atoms with E-state index in [0.29, 0.717) is 12.1 Å². The quantitative estimate of drug-likeness (QED) is 0.499. The predicted molar refractivity (Wildman–Crippen MR) is 70.0 cm³/mol. The van der Waals surface area contributed by atoms with Gasteiger partial charge in [-0.3, -0.25) is 9.59 Å². The normalized spacial score (nSPS) is 12.0. The molecule has 0 aliphatic carbocycles. The molecular weight excluding hydrogens is 344 g/mol. The molecule has 1 N–H and O–H groups in total. The number of alkyl halides is 6. The van der Waals surface area contributed by atoms with Crippen LogP contribution >= 0.6 is 0 Å². The number of carbonyl (C=O) groups is 2. The fraction of sp³-hybridized carbons (Fsp3) is 0.429. The number of amides is 1. The monoisotopic (exact) mass is 357 g/mol. The first-order valence-electron chi connectivity index (χ1n) is 6.59. The molecule has 24 heavy (non-hydrogen) atoms. The third kappa shape index (κ3) is 5.74. The summed E-state index contributed by atoms with van der Waals surface area (Å²) >= 11 is 0. The predicted octanol–water partition coefficient (Wildman–Crippen LogP) is 3.41. The zero-order valence-electron chi connectivity index (χ0n) is 12.3. The number of rotatable bonds is 5. The summed E-state index contributed by atoms with van der Waals surface area (Å²) in [5.41, 5.74) is -3.91. The van der Waals surface area contributed by atoms with E-state index in [2.05, 4.69) is 10.1 Å². The Balaban J connectivity index is 2.93. The Morgan fingerprint density at radius 3 is 1.92 bits per heavy atom. The molecule has 0 fully saturated rings. The van der Waals surface area contributed by atoms with Crippen LogP contribution in [0, 0.1) is 0 Å². The summed E-state index contributed by atoms with van der Waals surface area (Å²) in [6.45, 7) is -0.106. The largest absolute Gasteiger partial charge is 0.469 e. The van der Waals surface area contributed by atoms with Crippen LogP contribution in [0.25, 0.3) is 0 Å². The molecule has 10 heteroatoms. The van der Waals surface area contributed by atoms with Crippen molar-refractivity contribution in [3.8, 4) is 0 Å². The molecule has 0 bridgehead atoms. The van der Waals surface area contributed by atoms with Crippen molar-refractivity contribution in [2.24, 2.45) is 0 Å². The van der Waals surface area contributed by atoms with Gasteiger partial charge < -0.3 is 10.1 Å². The van der Waals surface area contributed by atoms with Crippen molar-refractivity contribution in [1.82, 2.24) is 5.32 Å². The first-order valence-corrected chi connectivity index (χ1v) is 6.59. The van der Waals surface area contributed by atoms with Crippen molar-refractivity contribution in [3.05, 3.63) is 34.9 Å². The van der Waals surface area contributed by atoms with E-state index in [1.807, 2.05) is 0 Å². The molecule has 0 saturated heterocycles. The molecule has 0 spiro atoms. The van der Waals surface area contributed by atoms with E-state index in [0.717, 1.165) is 7.11 Å². The van der Waals surface area contributed by atoms with Crippen LogP contribution in [0.5, 0.6) is 0 Å². The Morgan fingerprint density at radius 1 is 1.00 bits per heavy atom. The number of nitrogens with one attached hydrogen (secondary N) is 1. The van der Waals surface area contributed by atoms with E-state index in [-0.39, 0.29) is 25.5 Å². The van der Waals surface area contributed by atoms with Crippen molar-refractivity contribution >= 4 is 11.9 Å². The van der Waals surface area contributed by atoms with Crippen LogP contribution in [0.2, 0.25) is 0 Å². The number of esters is 1. The maximum Gasteiger partial charge on any atom is 0.416 e. The van der Waals surface area contributed by atoms with Gasteiger partial charge in [-0.1, -0.05) is 0 Å². The molecular formula is C14H13F6NO3. The lowest BCUT2D eigenvalue weighted by Gasteiger charge is -2.14. The maximum atomic E-state index is 12.7. The molecule has 0 aromatic heterocycles. The van der Waals surface area contributed by atoms with Crippen LogP contribution in [0.3, 0.4) is 0 Å². The van der Waals surface area contributed by atoms with Gasteiger partial charge in [0.25, 0.3) is 5.91 Å². The van der Waals surface area contributed by atoms with Crippen LogP contribution in [0.1, 0.15) is 34.3 Å². The topological polar surface area (TPSA) is 55.4 Å². The lowest BCUT2D eigenvalue weighted by Crippen LogP contribution is -2.26. The summed E-state index contributed by atoms with van der Waals surface area (Å²) in [6, 6.07) is 0.615. The molecule has 0 unspecified atom stereocenters. The van der Waals surface area contributed by atoms with Crippen LogP contribution < -0.4 is 5.32 Å². The second-order valence-corrected chi connectivity index (χ2v) is 4.73. The van der Waals surface area contributed by atoms with Gasteiger partial charge in [-0.25, -0.2) is 0 Å². The zero-order valence-corrected chi connectivity index (χ0v) is 12.3. The molecule has 134 valence electrons. The molecule has 0 saturated carbocycles. The second-order valence-electron chi connectivity index (χ2n) is 4.73. The van der Waals surface area contributed by atoms with E-state index in [9.17, 15) is 35.9 Å². The highest BCUT2D eigenvalue weighted by Gasteiger charge is 2.37. The van der Waals surface area contributed by atoms with Crippen molar-refractivity contribution in [3.63, 3.8) is 0 Å². The summed E-state index contributed by atoms with van der Waals surface area (Å²) in [5, 5.41) is 2.15. The maximum absolute atomic E-state index is 12.7. The first kappa shape index (κ1) is 19.8. The highest BCUT2D eigenvalue weighted by Crippen LogP contribution is 2.36. The highest BCUT2D eigenvalue weighted by molar-refractivity contribution is 5.94. The lowest BCUT2D eigenvalue weighted by atomic mass is 10.0. The molecule has 0 heterocycles. The van der Waals surface area contributed by atoms with Crippen LogP contribution in [-0.4, -0.2) is 25.5 Å². The SMILES string of the molecule is COC(=O)CCCNC(=O)c1cc(C(F)(F)F)cc(C(F)(F)F)c1. The van der Waals surface area contributed by atoms with Crippen molar-refractivity contribution in [2.45, 2.75) is 25.2 Å². The standard InChI is InChI=1S/C14H13F6NO3/c1-24-11(22)3-2-4-21-12(23)8-5-9(13(15,16)17)7-10(6-8)14(18,19)20/h5-7H,2-4H2,1H3,(H,21,23). The van der Waals surface area contributed by atoms with Crippen molar-refractivity contribution in [2.75, 3.05) is 13.7 Å². The molecule has 0 aliphatic rings. The average molecular weight is 357 g/mol. The molecule has 1 aromatic rings. The summed E-state index contributed by atoms with van der Waals surface area (Å²) in [5.74, 6) is -1.65. The molecule has 0 radical (unpaired) electrons. The average Bonchev–Trinajstić information content (AvgIpc) is 2.48. The summed E-state index contributed by atoms with van der Waals surface area (Å²) in [4.78, 5) is 22.6. The van der Waals surface area contributed by atoms with Crippen LogP contribution in [0.4, 0.5) is 26.3 Å². The fourth-order valence-corrected chi connectivity index (χ4v) is 1.72. The van der Waals surface area contributed by atoms with E-state index in [1.165, 1.54) is 0 Å². The molecule has 0 aliphatic heterocycles. The Morgan fingerprint density at radius 2 is 1.50 bits per heavy atom. The minimum absolute atomic E-state index is 0.0484. The molecule has 1 rings (SSSR count). The lowest BCUT2D eigenvalue weighted by molar-refractivity contribution is -0.143. The number of hydrogen-bond acceptors (Lipinski definition) is 3. The van der Waals surface area contributed by atoms with Crippen LogP contribution in [-0.2, 0) is 21.9 Å². The van der Waals surface area contributed by atoms with Gasteiger partial charge in [0.05, 0.1) is 18.2 Å². The number of ether oxygens (including phenoxy) is 1. The molecule has 4 nitrogen and oxygen atoms in total. The van der Waals surface area contributed by atoms with Gasteiger partial charge in [-0.15, -0.1) is 0 Å². The highest BCUT2D eigenvalue weighted by atomic mass is 19.4. The van der Waals surface area contributed by atoms with E-state index in [4.69, 9.17) is 0 Å². The van der Waals surface area contributed by atoms with E-state index >= 15 is 0 Å².